The van der Waals surface area contributed by atoms with Crippen molar-refractivity contribution >= 4 is 6.29 Å². The lowest BCUT2D eigenvalue weighted by Crippen LogP contribution is -1.88. The Labute approximate surface area is 115 Å². The highest BCUT2D eigenvalue weighted by atomic mass is 19.1. The van der Waals surface area contributed by atoms with Crippen LogP contribution in [0.15, 0.2) is 36.4 Å². The van der Waals surface area contributed by atoms with Gasteiger partial charge in [0.15, 0.2) is 6.29 Å². The molecule has 0 bridgehead atoms. The number of aromatic hydroxyl groups is 1. The molecule has 106 valence electrons. The highest BCUT2D eigenvalue weighted by Crippen LogP contribution is 2.27. The lowest BCUT2D eigenvalue weighted by molar-refractivity contribution is 0.112. The van der Waals surface area contributed by atoms with E-state index in [9.17, 15) is 18.7 Å². The van der Waals surface area contributed by atoms with Crippen molar-refractivity contribution in [3.63, 3.8) is 0 Å². The van der Waals surface area contributed by atoms with Crippen LogP contribution in [-0.2, 0) is 4.74 Å². The third kappa shape index (κ3) is 3.86. The normalized spacial score (nSPS) is 9.60. The summed E-state index contributed by atoms with van der Waals surface area (Å²) in [6.07, 6.45) is 0.472. The summed E-state index contributed by atoms with van der Waals surface area (Å²) >= 11 is 0. The maximum atomic E-state index is 13.5. The summed E-state index contributed by atoms with van der Waals surface area (Å²) in [5.74, 6) is -1.56. The van der Waals surface area contributed by atoms with Gasteiger partial charge in [-0.15, -0.1) is 0 Å². The van der Waals surface area contributed by atoms with Crippen LogP contribution in [0.25, 0.3) is 11.1 Å². The number of methoxy groups -OCH3 is 1. The van der Waals surface area contributed by atoms with Crippen molar-refractivity contribution in [2.75, 3.05) is 14.2 Å². The van der Waals surface area contributed by atoms with E-state index in [4.69, 9.17) is 0 Å². The number of hydrogen-bond acceptors (Lipinski definition) is 3. The molecule has 0 saturated carbocycles. The van der Waals surface area contributed by atoms with Gasteiger partial charge in [-0.2, -0.15) is 0 Å². The monoisotopic (exact) mass is 280 g/mol. The van der Waals surface area contributed by atoms with Gasteiger partial charge in [0.1, 0.15) is 17.4 Å². The third-order valence-electron chi connectivity index (χ3n) is 2.40. The zero-order chi connectivity index (χ0) is 15.1. The molecular formula is C15H14F2O3. The predicted octanol–water partition coefficient (Wildman–Crippen LogP) is 3.41. The summed E-state index contributed by atoms with van der Waals surface area (Å²) in [4.78, 5) is 10.6. The van der Waals surface area contributed by atoms with Gasteiger partial charge in [-0.25, -0.2) is 8.78 Å². The van der Waals surface area contributed by atoms with Crippen molar-refractivity contribution in [2.24, 2.45) is 0 Å². The Hall–Kier alpha value is -2.27. The standard InChI is InChI=1S/C13H8F2O2.C2H6O/c14-10-2-3-11(12(15)6-10)8-1-4-13(17)9(5-8)7-16;1-3-2/h1-7,17H;1-2H3. The Bertz CT molecular complexity index is 598. The van der Waals surface area contributed by atoms with Gasteiger partial charge in [0.2, 0.25) is 0 Å². The molecule has 0 fully saturated rings. The second kappa shape index (κ2) is 7.35. The molecule has 0 aliphatic carbocycles. The number of benzene rings is 2. The summed E-state index contributed by atoms with van der Waals surface area (Å²) in [7, 11) is 3.25. The highest BCUT2D eigenvalue weighted by Gasteiger charge is 2.08. The molecule has 2 aromatic carbocycles. The van der Waals surface area contributed by atoms with Crippen LogP contribution in [0.2, 0.25) is 0 Å². The van der Waals surface area contributed by atoms with Crippen molar-refractivity contribution in [2.45, 2.75) is 0 Å². The molecule has 0 atom stereocenters. The molecule has 0 spiro atoms. The van der Waals surface area contributed by atoms with Gasteiger partial charge >= 0.3 is 0 Å². The minimum Gasteiger partial charge on any atom is -0.507 e. The van der Waals surface area contributed by atoms with Crippen LogP contribution in [0.5, 0.6) is 5.75 Å². The average molecular weight is 280 g/mol. The summed E-state index contributed by atoms with van der Waals surface area (Å²) in [6.45, 7) is 0. The van der Waals surface area contributed by atoms with Gasteiger partial charge < -0.3 is 9.84 Å². The molecule has 0 amide bonds. The Morgan fingerprint density at radius 1 is 1.10 bits per heavy atom. The molecule has 0 aromatic heterocycles. The molecule has 1 N–H and O–H groups in total. The van der Waals surface area contributed by atoms with Crippen LogP contribution in [0, 0.1) is 11.6 Å². The van der Waals surface area contributed by atoms with Crippen molar-refractivity contribution < 1.29 is 23.4 Å². The van der Waals surface area contributed by atoms with E-state index in [1.807, 2.05) is 0 Å². The summed E-state index contributed by atoms with van der Waals surface area (Å²) < 4.78 is 30.5. The van der Waals surface area contributed by atoms with Gasteiger partial charge in [-0.1, -0.05) is 6.07 Å². The van der Waals surface area contributed by atoms with E-state index in [2.05, 4.69) is 4.74 Å². The number of ether oxygens (including phenoxy) is 1. The number of halogens is 2. The van der Waals surface area contributed by atoms with Gasteiger partial charge in [-0.3, -0.25) is 4.79 Å². The number of aldehydes is 1. The fraction of sp³-hybridized carbons (Fsp3) is 0.133. The number of carbonyl (C=O) groups excluding carboxylic acids is 1. The van der Waals surface area contributed by atoms with Gasteiger partial charge in [0, 0.05) is 25.8 Å². The average Bonchev–Trinajstić information content (AvgIpc) is 2.41. The van der Waals surface area contributed by atoms with E-state index >= 15 is 0 Å². The van der Waals surface area contributed by atoms with E-state index < -0.39 is 11.6 Å². The van der Waals surface area contributed by atoms with E-state index in [1.165, 1.54) is 24.3 Å². The van der Waals surface area contributed by atoms with Crippen molar-refractivity contribution in [3.05, 3.63) is 53.6 Å². The predicted molar refractivity (Wildman–Crippen MR) is 71.8 cm³/mol. The van der Waals surface area contributed by atoms with Crippen molar-refractivity contribution in [1.29, 1.82) is 0 Å². The quantitative estimate of drug-likeness (QED) is 0.857. The van der Waals surface area contributed by atoms with Crippen LogP contribution in [-0.4, -0.2) is 25.6 Å². The number of phenols is 1. The van der Waals surface area contributed by atoms with E-state index in [1.54, 1.807) is 14.2 Å². The summed E-state index contributed by atoms with van der Waals surface area (Å²) in [6, 6.07) is 7.28. The van der Waals surface area contributed by atoms with Crippen molar-refractivity contribution in [3.8, 4) is 16.9 Å². The minimum absolute atomic E-state index is 0.0613. The number of phenolic OH excluding ortho intramolecular Hbond substituents is 1. The molecule has 0 radical (unpaired) electrons. The number of hydrogen-bond donors (Lipinski definition) is 1. The first-order chi connectivity index (χ1) is 9.53. The lowest BCUT2D eigenvalue weighted by Gasteiger charge is -2.05. The van der Waals surface area contributed by atoms with Gasteiger partial charge in [0.05, 0.1) is 5.56 Å². The maximum Gasteiger partial charge on any atom is 0.153 e. The molecule has 0 aliphatic rings. The zero-order valence-corrected chi connectivity index (χ0v) is 11.1. The zero-order valence-electron chi connectivity index (χ0n) is 11.1. The molecule has 0 aliphatic heterocycles. The van der Waals surface area contributed by atoms with Gasteiger partial charge in [0.25, 0.3) is 0 Å². The fourth-order valence-corrected chi connectivity index (χ4v) is 1.54. The molecule has 0 heterocycles. The second-order valence-corrected chi connectivity index (χ2v) is 3.92. The molecule has 5 heteroatoms. The molecule has 3 nitrogen and oxygen atoms in total. The van der Waals surface area contributed by atoms with Gasteiger partial charge in [-0.05, 0) is 29.8 Å². The van der Waals surface area contributed by atoms with Crippen LogP contribution in [0.4, 0.5) is 8.78 Å². The Kier molecular flexibility index (Phi) is 5.80. The summed E-state index contributed by atoms with van der Waals surface area (Å²) in [5, 5.41) is 9.31. The molecule has 0 unspecified atom stereocenters. The largest absolute Gasteiger partial charge is 0.507 e. The minimum atomic E-state index is -0.715. The van der Waals surface area contributed by atoms with Crippen molar-refractivity contribution in [1.82, 2.24) is 0 Å². The molecule has 2 rings (SSSR count). The SMILES string of the molecule is COC.O=Cc1cc(-c2ccc(F)cc2F)ccc1O. The van der Waals surface area contributed by atoms with Crippen LogP contribution in [0.3, 0.4) is 0 Å². The fourth-order valence-electron chi connectivity index (χ4n) is 1.54. The molecular weight excluding hydrogens is 266 g/mol. The van der Waals surface area contributed by atoms with E-state index in [0.29, 0.717) is 11.8 Å². The van der Waals surface area contributed by atoms with E-state index in [-0.39, 0.29) is 16.9 Å². The highest BCUT2D eigenvalue weighted by molar-refractivity contribution is 5.82. The lowest BCUT2D eigenvalue weighted by atomic mass is 10.0. The Balaban J connectivity index is 0.000000612. The third-order valence-corrected chi connectivity index (χ3v) is 2.40. The topological polar surface area (TPSA) is 46.5 Å². The first-order valence-corrected chi connectivity index (χ1v) is 5.67. The first-order valence-electron chi connectivity index (χ1n) is 5.67. The van der Waals surface area contributed by atoms with Crippen LogP contribution in [0.1, 0.15) is 10.4 Å². The van der Waals surface area contributed by atoms with Crippen LogP contribution >= 0.6 is 0 Å². The Morgan fingerprint density at radius 3 is 2.30 bits per heavy atom. The molecule has 20 heavy (non-hydrogen) atoms. The second-order valence-electron chi connectivity index (χ2n) is 3.92. The maximum absolute atomic E-state index is 13.5. The summed E-state index contributed by atoms with van der Waals surface area (Å²) in [5.41, 5.74) is 0.642. The van der Waals surface area contributed by atoms with Crippen LogP contribution < -0.4 is 0 Å². The number of rotatable bonds is 2. The number of carbonyl (C=O) groups is 1. The molecule has 2 aromatic rings. The first kappa shape index (κ1) is 15.8. The smallest absolute Gasteiger partial charge is 0.153 e. The Morgan fingerprint density at radius 2 is 1.75 bits per heavy atom. The molecule has 0 saturated heterocycles. The van der Waals surface area contributed by atoms with E-state index in [0.717, 1.165) is 12.1 Å².